The monoisotopic (exact) mass is 222 g/mol. The Hall–Kier alpha value is -1.36. The molecular weight excluding hydrogens is 204 g/mol. The molecular formula is C11H18N4O. The van der Waals surface area contributed by atoms with E-state index in [-0.39, 0.29) is 0 Å². The van der Waals surface area contributed by atoms with Gasteiger partial charge in [0.1, 0.15) is 17.5 Å². The molecule has 0 spiro atoms. The predicted molar refractivity (Wildman–Crippen MR) is 63.3 cm³/mol. The van der Waals surface area contributed by atoms with Crippen molar-refractivity contribution in [3.63, 3.8) is 0 Å². The molecule has 1 aromatic heterocycles. The number of nitrogens with two attached hydrogens (primary N) is 1. The number of hydrogen-bond acceptors (Lipinski definition) is 5. The summed E-state index contributed by atoms with van der Waals surface area (Å²) in [5.41, 5.74) is 5.15. The fourth-order valence-electron chi connectivity index (χ4n) is 1.95. The van der Waals surface area contributed by atoms with Gasteiger partial charge in [-0.2, -0.15) is 0 Å². The van der Waals surface area contributed by atoms with Gasteiger partial charge >= 0.3 is 0 Å². The van der Waals surface area contributed by atoms with Gasteiger partial charge in [0.15, 0.2) is 0 Å². The first-order valence-electron chi connectivity index (χ1n) is 5.55. The fourth-order valence-corrected chi connectivity index (χ4v) is 1.95. The molecule has 1 aromatic rings. The molecule has 0 atom stereocenters. The standard InChI is InChI=1S/C11H18N4O/c1-8-13-9(12)7-10(14-8)15-5-3-11(2,16)4-6-15/h7,16H,3-6H2,1-2H3,(H2,12,13,14). The first-order valence-corrected chi connectivity index (χ1v) is 5.55. The number of anilines is 2. The van der Waals surface area contributed by atoms with Crippen molar-refractivity contribution in [1.82, 2.24) is 9.97 Å². The molecule has 0 saturated carbocycles. The van der Waals surface area contributed by atoms with Gasteiger partial charge < -0.3 is 15.7 Å². The summed E-state index contributed by atoms with van der Waals surface area (Å²) in [7, 11) is 0. The summed E-state index contributed by atoms with van der Waals surface area (Å²) in [6.07, 6.45) is 1.52. The largest absolute Gasteiger partial charge is 0.390 e. The number of aromatic nitrogens is 2. The quantitative estimate of drug-likeness (QED) is 0.732. The lowest BCUT2D eigenvalue weighted by Crippen LogP contribution is -2.42. The topological polar surface area (TPSA) is 75.3 Å². The van der Waals surface area contributed by atoms with Gasteiger partial charge in [0, 0.05) is 19.2 Å². The van der Waals surface area contributed by atoms with Gasteiger partial charge in [-0.05, 0) is 26.7 Å². The molecule has 0 bridgehead atoms. The van der Waals surface area contributed by atoms with Crippen molar-refractivity contribution in [2.75, 3.05) is 23.7 Å². The third-order valence-electron chi connectivity index (χ3n) is 3.01. The second-order valence-corrected chi connectivity index (χ2v) is 4.68. The van der Waals surface area contributed by atoms with Crippen molar-refractivity contribution in [3.8, 4) is 0 Å². The molecule has 1 saturated heterocycles. The number of hydrogen-bond donors (Lipinski definition) is 2. The van der Waals surface area contributed by atoms with Gasteiger partial charge in [-0.3, -0.25) is 0 Å². The van der Waals surface area contributed by atoms with Crippen molar-refractivity contribution in [2.24, 2.45) is 0 Å². The van der Waals surface area contributed by atoms with Crippen LogP contribution >= 0.6 is 0 Å². The zero-order chi connectivity index (χ0) is 11.8. The molecule has 2 rings (SSSR count). The maximum atomic E-state index is 9.86. The summed E-state index contributed by atoms with van der Waals surface area (Å²) < 4.78 is 0. The van der Waals surface area contributed by atoms with Crippen molar-refractivity contribution in [2.45, 2.75) is 32.3 Å². The van der Waals surface area contributed by atoms with Crippen molar-refractivity contribution >= 4 is 11.6 Å². The molecule has 1 fully saturated rings. The van der Waals surface area contributed by atoms with Gasteiger partial charge in [-0.25, -0.2) is 9.97 Å². The highest BCUT2D eigenvalue weighted by Gasteiger charge is 2.27. The number of aryl methyl sites for hydroxylation is 1. The maximum absolute atomic E-state index is 9.86. The Labute approximate surface area is 95.3 Å². The number of rotatable bonds is 1. The zero-order valence-electron chi connectivity index (χ0n) is 9.77. The minimum absolute atomic E-state index is 0.500. The van der Waals surface area contributed by atoms with Crippen LogP contribution in [0.1, 0.15) is 25.6 Å². The first kappa shape index (κ1) is 11.1. The smallest absolute Gasteiger partial charge is 0.134 e. The Morgan fingerprint density at radius 1 is 1.38 bits per heavy atom. The summed E-state index contributed by atoms with van der Waals surface area (Å²) in [6, 6.07) is 1.78. The molecule has 16 heavy (non-hydrogen) atoms. The molecule has 0 radical (unpaired) electrons. The van der Waals surface area contributed by atoms with Crippen LogP contribution in [-0.2, 0) is 0 Å². The van der Waals surface area contributed by atoms with Crippen LogP contribution in [0.3, 0.4) is 0 Å². The molecule has 3 N–H and O–H groups in total. The van der Waals surface area contributed by atoms with Crippen molar-refractivity contribution in [1.29, 1.82) is 0 Å². The minimum Gasteiger partial charge on any atom is -0.390 e. The number of aliphatic hydroxyl groups is 1. The normalized spacial score (nSPS) is 19.8. The van der Waals surface area contributed by atoms with Gasteiger partial charge in [-0.15, -0.1) is 0 Å². The second kappa shape index (κ2) is 3.90. The molecule has 0 amide bonds. The number of nitrogens with zero attached hydrogens (tertiary/aromatic N) is 3. The van der Waals surface area contributed by atoms with Crippen LogP contribution in [0.5, 0.6) is 0 Å². The molecule has 0 aromatic carbocycles. The highest BCUT2D eigenvalue weighted by atomic mass is 16.3. The summed E-state index contributed by atoms with van der Waals surface area (Å²) in [5.74, 6) is 2.05. The van der Waals surface area contributed by atoms with E-state index in [1.54, 1.807) is 6.07 Å². The first-order chi connectivity index (χ1) is 7.46. The summed E-state index contributed by atoms with van der Waals surface area (Å²) >= 11 is 0. The van der Waals surface area contributed by atoms with Crippen LogP contribution in [0.4, 0.5) is 11.6 Å². The third kappa shape index (κ3) is 2.41. The Kier molecular flexibility index (Phi) is 2.71. The fraction of sp³-hybridized carbons (Fsp3) is 0.636. The maximum Gasteiger partial charge on any atom is 0.134 e. The molecule has 1 aliphatic rings. The summed E-state index contributed by atoms with van der Waals surface area (Å²) in [4.78, 5) is 10.5. The third-order valence-corrected chi connectivity index (χ3v) is 3.01. The van der Waals surface area contributed by atoms with E-state index in [9.17, 15) is 5.11 Å². The lowest BCUT2D eigenvalue weighted by atomic mass is 9.94. The molecule has 5 nitrogen and oxygen atoms in total. The van der Waals surface area contributed by atoms with E-state index < -0.39 is 5.60 Å². The van der Waals surface area contributed by atoms with E-state index in [4.69, 9.17) is 5.73 Å². The van der Waals surface area contributed by atoms with Crippen LogP contribution in [-0.4, -0.2) is 33.8 Å². The highest BCUT2D eigenvalue weighted by molar-refractivity contribution is 5.47. The van der Waals surface area contributed by atoms with E-state index in [0.717, 1.165) is 31.7 Å². The Morgan fingerprint density at radius 2 is 2.00 bits per heavy atom. The second-order valence-electron chi connectivity index (χ2n) is 4.68. The summed E-state index contributed by atoms with van der Waals surface area (Å²) in [6.45, 7) is 5.33. The highest BCUT2D eigenvalue weighted by Crippen LogP contribution is 2.25. The van der Waals surface area contributed by atoms with E-state index in [2.05, 4.69) is 14.9 Å². The summed E-state index contributed by atoms with van der Waals surface area (Å²) in [5, 5.41) is 9.86. The minimum atomic E-state index is -0.538. The van der Waals surface area contributed by atoms with Crippen molar-refractivity contribution in [3.05, 3.63) is 11.9 Å². The van der Waals surface area contributed by atoms with E-state index in [0.29, 0.717) is 11.6 Å². The average molecular weight is 222 g/mol. The Balaban J connectivity index is 2.14. The van der Waals surface area contributed by atoms with Crippen molar-refractivity contribution < 1.29 is 5.11 Å². The Bertz CT molecular complexity index is 361. The predicted octanol–water partition coefficient (Wildman–Crippen LogP) is 0.718. The zero-order valence-corrected chi connectivity index (χ0v) is 9.77. The SMILES string of the molecule is Cc1nc(N)cc(N2CCC(C)(O)CC2)n1. The van der Waals surface area contributed by atoms with Gasteiger partial charge in [0.25, 0.3) is 0 Å². The van der Waals surface area contributed by atoms with E-state index >= 15 is 0 Å². The van der Waals surface area contributed by atoms with Gasteiger partial charge in [0.05, 0.1) is 5.60 Å². The van der Waals surface area contributed by atoms with Crippen LogP contribution in [0.2, 0.25) is 0 Å². The molecule has 5 heteroatoms. The van der Waals surface area contributed by atoms with Gasteiger partial charge in [-0.1, -0.05) is 0 Å². The number of piperidine rings is 1. The van der Waals surface area contributed by atoms with Gasteiger partial charge in [0.2, 0.25) is 0 Å². The lowest BCUT2D eigenvalue weighted by molar-refractivity contribution is 0.0350. The van der Waals surface area contributed by atoms with Crippen LogP contribution < -0.4 is 10.6 Å². The number of nitrogen functional groups attached to an aromatic ring is 1. The van der Waals surface area contributed by atoms with E-state index in [1.807, 2.05) is 13.8 Å². The molecule has 2 heterocycles. The lowest BCUT2D eigenvalue weighted by Gasteiger charge is -2.36. The van der Waals surface area contributed by atoms with E-state index in [1.165, 1.54) is 0 Å². The average Bonchev–Trinajstić information content (AvgIpc) is 2.15. The molecule has 88 valence electrons. The van der Waals surface area contributed by atoms with Crippen LogP contribution in [0, 0.1) is 6.92 Å². The molecule has 0 unspecified atom stereocenters. The van der Waals surface area contributed by atoms with Crippen LogP contribution in [0.25, 0.3) is 0 Å². The molecule has 1 aliphatic heterocycles. The molecule has 0 aliphatic carbocycles. The van der Waals surface area contributed by atoms with Crippen LogP contribution in [0.15, 0.2) is 6.07 Å². The Morgan fingerprint density at radius 3 is 2.56 bits per heavy atom.